The largest absolute Gasteiger partial charge is 0.399 e. The lowest BCUT2D eigenvalue weighted by Crippen LogP contribution is -2.17. The zero-order valence-electron chi connectivity index (χ0n) is 10.9. The second-order valence-corrected chi connectivity index (χ2v) is 5.48. The van der Waals surface area contributed by atoms with Crippen LogP contribution in [0.2, 0.25) is 0 Å². The maximum absolute atomic E-state index is 9.05. The molecule has 4 heteroatoms. The Morgan fingerprint density at radius 2 is 2.11 bits per heavy atom. The summed E-state index contributed by atoms with van der Waals surface area (Å²) in [6.07, 6.45) is 3.28. The average molecular weight is 257 g/mol. The first-order valence-electron chi connectivity index (χ1n) is 6.72. The molecule has 0 unspecified atom stereocenters. The smallest absolute Gasteiger partial charge is 0.126 e. The van der Waals surface area contributed by atoms with Crippen molar-refractivity contribution in [2.45, 2.75) is 19.3 Å². The highest BCUT2D eigenvalue weighted by atomic mass is 16.3. The molecule has 0 aliphatic heterocycles. The summed E-state index contributed by atoms with van der Waals surface area (Å²) < 4.78 is 0. The second-order valence-electron chi connectivity index (χ2n) is 5.48. The molecular weight excluding hydrogens is 238 g/mol. The summed E-state index contributed by atoms with van der Waals surface area (Å²) in [4.78, 5) is 4.58. The van der Waals surface area contributed by atoms with Gasteiger partial charge in [0.2, 0.25) is 0 Å². The molecule has 0 bridgehead atoms. The van der Waals surface area contributed by atoms with Gasteiger partial charge in [-0.1, -0.05) is 0 Å². The van der Waals surface area contributed by atoms with Gasteiger partial charge in [0.15, 0.2) is 0 Å². The molecule has 19 heavy (non-hydrogen) atoms. The van der Waals surface area contributed by atoms with E-state index in [1.165, 1.54) is 12.8 Å². The van der Waals surface area contributed by atoms with Crippen LogP contribution in [0.5, 0.6) is 0 Å². The van der Waals surface area contributed by atoms with Crippen LogP contribution in [0.25, 0.3) is 10.9 Å². The van der Waals surface area contributed by atoms with Crippen LogP contribution < -0.4 is 11.1 Å². The number of aromatic nitrogens is 1. The van der Waals surface area contributed by atoms with Crippen molar-refractivity contribution < 1.29 is 5.11 Å². The van der Waals surface area contributed by atoms with Crippen LogP contribution in [0.3, 0.4) is 0 Å². The van der Waals surface area contributed by atoms with Crippen molar-refractivity contribution in [3.63, 3.8) is 0 Å². The van der Waals surface area contributed by atoms with Crippen molar-refractivity contribution in [3.8, 4) is 0 Å². The third-order valence-corrected chi connectivity index (χ3v) is 3.96. The van der Waals surface area contributed by atoms with E-state index in [4.69, 9.17) is 10.8 Å². The molecule has 0 amide bonds. The summed E-state index contributed by atoms with van der Waals surface area (Å²) >= 11 is 0. The summed E-state index contributed by atoms with van der Waals surface area (Å²) in [5.74, 6) is 0.890. The number of aliphatic hydroxyl groups is 1. The minimum absolute atomic E-state index is 0.270. The van der Waals surface area contributed by atoms with Crippen molar-refractivity contribution in [2.24, 2.45) is 5.41 Å². The number of benzene rings is 1. The van der Waals surface area contributed by atoms with E-state index in [9.17, 15) is 0 Å². The Kier molecular flexibility index (Phi) is 3.03. The van der Waals surface area contributed by atoms with E-state index in [-0.39, 0.29) is 6.61 Å². The topological polar surface area (TPSA) is 71.2 Å². The number of anilines is 2. The van der Waals surface area contributed by atoms with Gasteiger partial charge < -0.3 is 16.2 Å². The lowest BCUT2D eigenvalue weighted by atomic mass is 10.0. The second kappa shape index (κ2) is 4.70. The lowest BCUT2D eigenvalue weighted by molar-refractivity contribution is 0.253. The molecular formula is C15H19N3O. The zero-order valence-corrected chi connectivity index (χ0v) is 10.9. The molecule has 2 aromatic rings. The molecule has 1 aliphatic carbocycles. The van der Waals surface area contributed by atoms with Crippen molar-refractivity contribution >= 4 is 22.4 Å². The van der Waals surface area contributed by atoms with Crippen molar-refractivity contribution in [2.75, 3.05) is 24.2 Å². The monoisotopic (exact) mass is 257 g/mol. The van der Waals surface area contributed by atoms with E-state index in [1.54, 1.807) is 0 Å². The van der Waals surface area contributed by atoms with Gasteiger partial charge in [-0.2, -0.15) is 0 Å². The van der Waals surface area contributed by atoms with Crippen LogP contribution in [-0.4, -0.2) is 23.2 Å². The number of aliphatic hydroxyl groups excluding tert-OH is 1. The first kappa shape index (κ1) is 12.2. The molecule has 1 saturated carbocycles. The fourth-order valence-corrected chi connectivity index (χ4v) is 2.45. The molecule has 0 radical (unpaired) electrons. The van der Waals surface area contributed by atoms with Crippen LogP contribution in [0.4, 0.5) is 11.5 Å². The number of rotatable bonds is 5. The van der Waals surface area contributed by atoms with Gasteiger partial charge in [-0.25, -0.2) is 4.98 Å². The van der Waals surface area contributed by atoms with Crippen molar-refractivity contribution in [1.29, 1.82) is 0 Å². The minimum atomic E-state index is 0.270. The first-order chi connectivity index (χ1) is 9.21. The van der Waals surface area contributed by atoms with Crippen molar-refractivity contribution in [1.82, 2.24) is 4.98 Å². The highest BCUT2D eigenvalue weighted by molar-refractivity contribution is 5.83. The summed E-state index contributed by atoms with van der Waals surface area (Å²) in [5, 5.41) is 13.5. The molecule has 4 nitrogen and oxygen atoms in total. The number of nitrogens with zero attached hydrogens (tertiary/aromatic N) is 1. The number of pyridine rings is 1. The fraction of sp³-hybridized carbons (Fsp3) is 0.400. The molecule has 1 aromatic heterocycles. The van der Waals surface area contributed by atoms with E-state index in [2.05, 4.69) is 10.3 Å². The number of nitrogens with two attached hydrogens (primary N) is 1. The summed E-state index contributed by atoms with van der Waals surface area (Å²) in [6, 6.07) is 9.76. The maximum Gasteiger partial charge on any atom is 0.126 e. The molecule has 1 heterocycles. The predicted octanol–water partition coefficient (Wildman–Crippen LogP) is 2.39. The van der Waals surface area contributed by atoms with Gasteiger partial charge in [0.1, 0.15) is 5.82 Å². The van der Waals surface area contributed by atoms with Gasteiger partial charge in [-0.05, 0) is 55.0 Å². The average Bonchev–Trinajstić information content (AvgIpc) is 3.17. The van der Waals surface area contributed by atoms with E-state index in [0.29, 0.717) is 5.41 Å². The molecule has 0 saturated heterocycles. The molecule has 0 spiro atoms. The fourth-order valence-electron chi connectivity index (χ4n) is 2.45. The van der Waals surface area contributed by atoms with E-state index in [0.717, 1.165) is 35.4 Å². The minimum Gasteiger partial charge on any atom is -0.399 e. The maximum atomic E-state index is 9.05. The standard InChI is InChI=1S/C15H19N3O/c16-12-2-3-13-11(9-12)1-4-14(18-13)17-10-15(5-6-15)7-8-19/h1-4,9,19H,5-8,10,16H2,(H,17,18). The molecule has 100 valence electrons. The van der Waals surface area contributed by atoms with Gasteiger partial charge in [0.05, 0.1) is 5.52 Å². The number of hydrogen-bond acceptors (Lipinski definition) is 4. The van der Waals surface area contributed by atoms with Gasteiger partial charge in [0, 0.05) is 24.2 Å². The SMILES string of the molecule is Nc1ccc2nc(NCC3(CCO)CC3)ccc2c1. The Morgan fingerprint density at radius 3 is 2.84 bits per heavy atom. The highest BCUT2D eigenvalue weighted by Gasteiger charge is 2.41. The molecule has 1 fully saturated rings. The van der Waals surface area contributed by atoms with Crippen LogP contribution >= 0.6 is 0 Å². The van der Waals surface area contributed by atoms with E-state index in [1.807, 2.05) is 30.3 Å². The van der Waals surface area contributed by atoms with Gasteiger partial charge >= 0.3 is 0 Å². The van der Waals surface area contributed by atoms with Gasteiger partial charge in [0.25, 0.3) is 0 Å². The predicted molar refractivity (Wildman–Crippen MR) is 78.0 cm³/mol. The van der Waals surface area contributed by atoms with E-state index < -0.39 is 0 Å². The summed E-state index contributed by atoms with van der Waals surface area (Å²) in [7, 11) is 0. The Bertz CT molecular complexity index is 593. The van der Waals surface area contributed by atoms with Crippen LogP contribution in [0.1, 0.15) is 19.3 Å². The van der Waals surface area contributed by atoms with Gasteiger partial charge in [-0.3, -0.25) is 0 Å². The Hall–Kier alpha value is -1.81. The Balaban J connectivity index is 1.73. The third kappa shape index (κ3) is 2.63. The molecule has 1 aromatic carbocycles. The molecule has 4 N–H and O–H groups in total. The normalized spacial score (nSPS) is 16.5. The van der Waals surface area contributed by atoms with Gasteiger partial charge in [-0.15, -0.1) is 0 Å². The first-order valence-corrected chi connectivity index (χ1v) is 6.72. The highest BCUT2D eigenvalue weighted by Crippen LogP contribution is 2.48. The number of nitrogens with one attached hydrogen (secondary N) is 1. The number of fused-ring (bicyclic) bond motifs is 1. The van der Waals surface area contributed by atoms with Crippen LogP contribution in [-0.2, 0) is 0 Å². The summed E-state index contributed by atoms with van der Waals surface area (Å²) in [6.45, 7) is 1.16. The van der Waals surface area contributed by atoms with Crippen LogP contribution in [0, 0.1) is 5.41 Å². The third-order valence-electron chi connectivity index (χ3n) is 3.96. The molecule has 0 atom stereocenters. The van der Waals surface area contributed by atoms with Crippen LogP contribution in [0.15, 0.2) is 30.3 Å². The summed E-state index contributed by atoms with van der Waals surface area (Å²) in [5.41, 5.74) is 7.76. The quantitative estimate of drug-likeness (QED) is 0.719. The number of nitrogen functional groups attached to an aromatic ring is 1. The Morgan fingerprint density at radius 1 is 1.26 bits per heavy atom. The van der Waals surface area contributed by atoms with Crippen molar-refractivity contribution in [3.05, 3.63) is 30.3 Å². The molecule has 3 rings (SSSR count). The molecule has 1 aliphatic rings. The van der Waals surface area contributed by atoms with E-state index >= 15 is 0 Å². The lowest BCUT2D eigenvalue weighted by Gasteiger charge is -2.15. The Labute approximate surface area is 112 Å². The zero-order chi connectivity index (χ0) is 13.3. The number of hydrogen-bond donors (Lipinski definition) is 3.